The molecule has 3 amide bonds. The zero-order valence-electron chi connectivity index (χ0n) is 11.7. The Morgan fingerprint density at radius 1 is 1.32 bits per heavy atom. The Kier molecular flexibility index (Phi) is 6.08. The van der Waals surface area contributed by atoms with E-state index in [9.17, 15) is 14.7 Å². The van der Waals surface area contributed by atoms with Crippen LogP contribution >= 0.6 is 0 Å². The van der Waals surface area contributed by atoms with Crippen molar-refractivity contribution in [2.24, 2.45) is 11.7 Å². The lowest BCUT2D eigenvalue weighted by atomic mass is 9.92. The largest absolute Gasteiger partial charge is 0.391 e. The number of nitrogens with two attached hydrogens (primary N) is 1. The van der Waals surface area contributed by atoms with Crippen molar-refractivity contribution in [1.82, 2.24) is 10.6 Å². The molecule has 6 nitrogen and oxygen atoms in total. The van der Waals surface area contributed by atoms with Gasteiger partial charge in [0.15, 0.2) is 0 Å². The molecule has 1 saturated carbocycles. The van der Waals surface area contributed by atoms with Crippen LogP contribution in [0, 0.1) is 5.92 Å². The molecule has 0 aliphatic heterocycles. The predicted octanol–water partition coefficient (Wildman–Crippen LogP) is 0.489. The third-order valence-corrected chi connectivity index (χ3v) is 3.40. The summed E-state index contributed by atoms with van der Waals surface area (Å²) in [7, 11) is 0. The molecule has 0 aromatic rings. The van der Waals surface area contributed by atoms with Gasteiger partial charge >= 0.3 is 6.03 Å². The molecule has 0 aromatic heterocycles. The lowest BCUT2D eigenvalue weighted by Gasteiger charge is -2.30. The molecule has 5 N–H and O–H groups in total. The third kappa shape index (κ3) is 5.46. The minimum atomic E-state index is -0.704. The van der Waals surface area contributed by atoms with Crippen LogP contribution < -0.4 is 16.4 Å². The molecule has 110 valence electrons. The van der Waals surface area contributed by atoms with Crippen LogP contribution in [-0.4, -0.2) is 35.2 Å². The second-order valence-corrected chi connectivity index (χ2v) is 5.66. The molecule has 0 heterocycles. The average molecular weight is 271 g/mol. The van der Waals surface area contributed by atoms with E-state index in [0.29, 0.717) is 12.8 Å². The van der Waals surface area contributed by atoms with E-state index in [1.54, 1.807) is 0 Å². The molecule has 1 aliphatic carbocycles. The maximum Gasteiger partial charge on any atom is 0.312 e. The van der Waals surface area contributed by atoms with Crippen molar-refractivity contribution in [1.29, 1.82) is 0 Å². The standard InChI is InChI=1S/C13H25N3O3/c1-8(2)7-10(16-13(14)19)12(18)15-9-5-3-4-6-11(9)17/h8-11,17H,3-7H2,1-2H3,(H,15,18)(H3,14,16,19)/t9-,10?,11-/m0/s1. The predicted molar refractivity (Wildman–Crippen MR) is 72.4 cm³/mol. The molecule has 6 heteroatoms. The number of urea groups is 1. The van der Waals surface area contributed by atoms with Gasteiger partial charge < -0.3 is 21.5 Å². The van der Waals surface area contributed by atoms with Gasteiger partial charge in [-0.25, -0.2) is 4.79 Å². The van der Waals surface area contributed by atoms with E-state index >= 15 is 0 Å². The Bertz CT molecular complexity index is 320. The number of aliphatic hydroxyl groups excluding tert-OH is 1. The molecule has 1 aliphatic rings. The van der Waals surface area contributed by atoms with Crippen LogP contribution in [0.25, 0.3) is 0 Å². The van der Waals surface area contributed by atoms with Crippen LogP contribution in [-0.2, 0) is 4.79 Å². The first-order valence-corrected chi connectivity index (χ1v) is 6.94. The SMILES string of the molecule is CC(C)CC(NC(N)=O)C(=O)N[C@H]1CCCC[C@@H]1O. The quantitative estimate of drug-likeness (QED) is 0.585. The average Bonchev–Trinajstić information content (AvgIpc) is 2.30. The Morgan fingerprint density at radius 3 is 2.47 bits per heavy atom. The fraction of sp³-hybridized carbons (Fsp3) is 0.846. The molecule has 0 saturated heterocycles. The van der Waals surface area contributed by atoms with Gasteiger partial charge in [0, 0.05) is 0 Å². The summed E-state index contributed by atoms with van der Waals surface area (Å²) >= 11 is 0. The van der Waals surface area contributed by atoms with Crippen LogP contribution in [0.3, 0.4) is 0 Å². The van der Waals surface area contributed by atoms with Gasteiger partial charge in [-0.1, -0.05) is 26.7 Å². The first kappa shape index (κ1) is 15.8. The van der Waals surface area contributed by atoms with Crippen LogP contribution in [0.15, 0.2) is 0 Å². The zero-order valence-corrected chi connectivity index (χ0v) is 11.7. The number of hydrogen-bond donors (Lipinski definition) is 4. The molecule has 0 radical (unpaired) electrons. The minimum absolute atomic E-state index is 0.217. The minimum Gasteiger partial charge on any atom is -0.391 e. The monoisotopic (exact) mass is 271 g/mol. The fourth-order valence-corrected chi connectivity index (χ4v) is 2.44. The number of amides is 3. The second kappa shape index (κ2) is 7.33. The number of primary amides is 1. The smallest absolute Gasteiger partial charge is 0.312 e. The van der Waals surface area contributed by atoms with Crippen LogP contribution in [0.5, 0.6) is 0 Å². The lowest BCUT2D eigenvalue weighted by molar-refractivity contribution is -0.125. The molecule has 1 fully saturated rings. The molecule has 3 atom stereocenters. The van der Waals surface area contributed by atoms with Gasteiger partial charge in [-0.2, -0.15) is 0 Å². The first-order valence-electron chi connectivity index (χ1n) is 6.94. The van der Waals surface area contributed by atoms with Crippen molar-refractivity contribution in [2.75, 3.05) is 0 Å². The highest BCUT2D eigenvalue weighted by atomic mass is 16.3. The molecule has 1 unspecified atom stereocenters. The molecular formula is C13H25N3O3. The van der Waals surface area contributed by atoms with Crippen molar-refractivity contribution < 1.29 is 14.7 Å². The van der Waals surface area contributed by atoms with Gasteiger partial charge in [0.2, 0.25) is 5.91 Å². The highest BCUT2D eigenvalue weighted by Crippen LogP contribution is 2.18. The van der Waals surface area contributed by atoms with E-state index in [0.717, 1.165) is 19.3 Å². The van der Waals surface area contributed by atoms with Gasteiger partial charge in [-0.05, 0) is 25.2 Å². The number of carbonyl (C=O) groups is 2. The van der Waals surface area contributed by atoms with E-state index in [1.807, 2.05) is 13.8 Å². The van der Waals surface area contributed by atoms with E-state index in [4.69, 9.17) is 5.73 Å². The molecule has 1 rings (SSSR count). The summed E-state index contributed by atoms with van der Waals surface area (Å²) < 4.78 is 0. The Balaban J connectivity index is 2.57. The van der Waals surface area contributed by atoms with E-state index < -0.39 is 18.2 Å². The third-order valence-electron chi connectivity index (χ3n) is 3.40. The molecular weight excluding hydrogens is 246 g/mol. The molecule has 0 bridgehead atoms. The topological polar surface area (TPSA) is 104 Å². The highest BCUT2D eigenvalue weighted by Gasteiger charge is 2.28. The summed E-state index contributed by atoms with van der Waals surface area (Å²) in [6.07, 6.45) is 3.51. The zero-order chi connectivity index (χ0) is 14.4. The van der Waals surface area contributed by atoms with Gasteiger partial charge in [-0.3, -0.25) is 4.79 Å². The maximum absolute atomic E-state index is 12.1. The molecule has 0 spiro atoms. The first-order chi connectivity index (χ1) is 8.90. The Hall–Kier alpha value is -1.30. The fourth-order valence-electron chi connectivity index (χ4n) is 2.44. The van der Waals surface area contributed by atoms with E-state index in [1.165, 1.54) is 0 Å². The summed E-state index contributed by atoms with van der Waals surface area (Å²) in [5, 5.41) is 15.1. The van der Waals surface area contributed by atoms with E-state index in [-0.39, 0.29) is 17.9 Å². The maximum atomic E-state index is 12.1. The van der Waals surface area contributed by atoms with Crippen LogP contribution in [0.2, 0.25) is 0 Å². The van der Waals surface area contributed by atoms with Crippen molar-refractivity contribution in [3.8, 4) is 0 Å². The summed E-state index contributed by atoms with van der Waals surface area (Å²) in [6, 6.07) is -1.55. The number of hydrogen-bond acceptors (Lipinski definition) is 3. The van der Waals surface area contributed by atoms with Crippen molar-refractivity contribution in [2.45, 2.75) is 64.1 Å². The van der Waals surface area contributed by atoms with Gasteiger partial charge in [0.25, 0.3) is 0 Å². The summed E-state index contributed by atoms with van der Waals surface area (Å²) in [4.78, 5) is 23.1. The van der Waals surface area contributed by atoms with Crippen molar-refractivity contribution in [3.05, 3.63) is 0 Å². The van der Waals surface area contributed by atoms with Crippen molar-refractivity contribution >= 4 is 11.9 Å². The second-order valence-electron chi connectivity index (χ2n) is 5.66. The van der Waals surface area contributed by atoms with Crippen LogP contribution in [0.4, 0.5) is 4.79 Å². The number of carbonyl (C=O) groups excluding carboxylic acids is 2. The summed E-state index contributed by atoms with van der Waals surface area (Å²) in [5.41, 5.74) is 5.09. The lowest BCUT2D eigenvalue weighted by Crippen LogP contribution is -2.54. The normalized spacial score (nSPS) is 24.8. The number of nitrogens with one attached hydrogen (secondary N) is 2. The van der Waals surface area contributed by atoms with Gasteiger partial charge in [0.1, 0.15) is 6.04 Å². The number of rotatable bonds is 5. The van der Waals surface area contributed by atoms with Crippen molar-refractivity contribution in [3.63, 3.8) is 0 Å². The molecule has 0 aromatic carbocycles. The van der Waals surface area contributed by atoms with Gasteiger partial charge in [0.05, 0.1) is 12.1 Å². The van der Waals surface area contributed by atoms with Gasteiger partial charge in [-0.15, -0.1) is 0 Å². The summed E-state index contributed by atoms with van der Waals surface area (Å²) in [6.45, 7) is 3.94. The highest BCUT2D eigenvalue weighted by molar-refractivity contribution is 5.86. The molecule has 19 heavy (non-hydrogen) atoms. The Morgan fingerprint density at radius 2 is 1.95 bits per heavy atom. The van der Waals surface area contributed by atoms with E-state index in [2.05, 4.69) is 10.6 Å². The Labute approximate surface area is 114 Å². The van der Waals surface area contributed by atoms with Crippen LogP contribution in [0.1, 0.15) is 46.0 Å². The summed E-state index contributed by atoms with van der Waals surface area (Å²) in [5.74, 6) is -0.00247. The number of aliphatic hydroxyl groups is 1.